The molecule has 0 radical (unpaired) electrons. The lowest BCUT2D eigenvalue weighted by Crippen LogP contribution is -2.39. The van der Waals surface area contributed by atoms with Gasteiger partial charge in [-0.25, -0.2) is 4.39 Å². The molecule has 0 aromatic heterocycles. The molecule has 1 aliphatic carbocycles. The average molecular weight is 273 g/mol. The third-order valence-corrected chi connectivity index (χ3v) is 4.22. The first kappa shape index (κ1) is 13.4. The van der Waals surface area contributed by atoms with Gasteiger partial charge in [-0.1, -0.05) is 6.07 Å². The maximum Gasteiger partial charge on any atom is 0.143 e. The van der Waals surface area contributed by atoms with E-state index in [1.54, 1.807) is 6.07 Å². The number of nitrogens with one attached hydrogen (secondary N) is 1. The van der Waals surface area contributed by atoms with Crippen LogP contribution < -0.4 is 10.2 Å². The summed E-state index contributed by atoms with van der Waals surface area (Å²) in [6.07, 6.45) is 4.88. The van der Waals surface area contributed by atoms with E-state index in [0.717, 1.165) is 25.3 Å². The number of nitriles is 1. The highest BCUT2D eigenvalue weighted by Gasteiger charge is 2.28. The molecule has 1 atom stereocenters. The van der Waals surface area contributed by atoms with E-state index >= 15 is 0 Å². The Labute approximate surface area is 119 Å². The largest absolute Gasteiger partial charge is 0.369 e. The van der Waals surface area contributed by atoms with E-state index in [0.29, 0.717) is 12.0 Å². The van der Waals surface area contributed by atoms with Crippen molar-refractivity contribution in [3.05, 3.63) is 29.6 Å². The molecule has 1 saturated heterocycles. The van der Waals surface area contributed by atoms with E-state index in [4.69, 9.17) is 0 Å². The van der Waals surface area contributed by atoms with Crippen molar-refractivity contribution in [3.63, 3.8) is 0 Å². The number of hydrogen-bond donors (Lipinski definition) is 1. The summed E-state index contributed by atoms with van der Waals surface area (Å²) in [4.78, 5) is 2.21. The van der Waals surface area contributed by atoms with Crippen LogP contribution in [0.3, 0.4) is 0 Å². The maximum absolute atomic E-state index is 13.8. The molecule has 1 saturated carbocycles. The molecular formula is C16H20FN3. The third-order valence-electron chi connectivity index (χ3n) is 4.22. The molecule has 0 bridgehead atoms. The van der Waals surface area contributed by atoms with E-state index in [9.17, 15) is 9.65 Å². The number of benzene rings is 1. The van der Waals surface area contributed by atoms with Crippen molar-refractivity contribution < 1.29 is 4.39 Å². The molecule has 1 aromatic carbocycles. The molecule has 1 N–H and O–H groups in total. The Kier molecular flexibility index (Phi) is 3.88. The Morgan fingerprint density at radius 2 is 2.15 bits per heavy atom. The zero-order valence-electron chi connectivity index (χ0n) is 11.6. The van der Waals surface area contributed by atoms with Gasteiger partial charge in [-0.05, 0) is 50.3 Å². The van der Waals surface area contributed by atoms with Gasteiger partial charge >= 0.3 is 0 Å². The summed E-state index contributed by atoms with van der Waals surface area (Å²) in [6, 6.07) is 7.43. The predicted molar refractivity (Wildman–Crippen MR) is 77.1 cm³/mol. The summed E-state index contributed by atoms with van der Waals surface area (Å²) < 4.78 is 13.8. The maximum atomic E-state index is 13.8. The molecule has 106 valence electrons. The Hall–Kier alpha value is -1.60. The molecule has 0 spiro atoms. The Balaban J connectivity index is 1.83. The van der Waals surface area contributed by atoms with Crippen molar-refractivity contribution >= 4 is 5.69 Å². The molecule has 3 rings (SSSR count). The summed E-state index contributed by atoms with van der Waals surface area (Å²) in [5, 5.41) is 12.7. The predicted octanol–water partition coefficient (Wildman–Crippen LogP) is 2.67. The lowest BCUT2D eigenvalue weighted by molar-refractivity contribution is 0.567. The van der Waals surface area contributed by atoms with Gasteiger partial charge in [-0.3, -0.25) is 0 Å². The van der Waals surface area contributed by atoms with Crippen LogP contribution in [0.15, 0.2) is 18.2 Å². The quantitative estimate of drug-likeness (QED) is 0.896. The Bertz CT molecular complexity index is 513. The second-order valence-electron chi connectivity index (χ2n) is 5.89. The van der Waals surface area contributed by atoms with Crippen LogP contribution in [0.4, 0.5) is 10.1 Å². The van der Waals surface area contributed by atoms with Gasteiger partial charge in [0, 0.05) is 19.1 Å². The minimum atomic E-state index is -0.412. The molecule has 1 aromatic rings. The topological polar surface area (TPSA) is 39.1 Å². The highest BCUT2D eigenvalue weighted by atomic mass is 19.1. The summed E-state index contributed by atoms with van der Waals surface area (Å²) in [7, 11) is 0. The van der Waals surface area contributed by atoms with Crippen LogP contribution in [0.2, 0.25) is 0 Å². The lowest BCUT2D eigenvalue weighted by Gasteiger charge is -2.28. The fourth-order valence-electron chi connectivity index (χ4n) is 2.95. The van der Waals surface area contributed by atoms with Gasteiger partial charge in [-0.15, -0.1) is 0 Å². The summed E-state index contributed by atoms with van der Waals surface area (Å²) in [6.45, 7) is 2.88. The summed E-state index contributed by atoms with van der Waals surface area (Å²) >= 11 is 0. The molecule has 4 heteroatoms. The van der Waals surface area contributed by atoms with Gasteiger partial charge in [0.05, 0.1) is 5.69 Å². The number of hydrogen-bond acceptors (Lipinski definition) is 3. The molecule has 3 nitrogen and oxygen atoms in total. The van der Waals surface area contributed by atoms with Gasteiger partial charge in [0.25, 0.3) is 0 Å². The van der Waals surface area contributed by atoms with Crippen LogP contribution in [-0.4, -0.2) is 25.7 Å². The minimum absolute atomic E-state index is 0.186. The molecule has 0 amide bonds. The van der Waals surface area contributed by atoms with Crippen LogP contribution >= 0.6 is 0 Å². The number of halogens is 1. The summed E-state index contributed by atoms with van der Waals surface area (Å²) in [5.41, 5.74) is 0.944. The molecule has 1 heterocycles. The van der Waals surface area contributed by atoms with Crippen LogP contribution in [0.1, 0.15) is 31.2 Å². The number of nitrogens with zero attached hydrogens (tertiary/aromatic N) is 2. The van der Waals surface area contributed by atoms with Crippen molar-refractivity contribution in [2.24, 2.45) is 5.92 Å². The van der Waals surface area contributed by atoms with E-state index in [2.05, 4.69) is 10.2 Å². The van der Waals surface area contributed by atoms with Crippen LogP contribution in [0.25, 0.3) is 0 Å². The molecular weight excluding hydrogens is 253 g/mol. The van der Waals surface area contributed by atoms with E-state index in [1.165, 1.54) is 31.7 Å². The van der Waals surface area contributed by atoms with Crippen LogP contribution in [0.5, 0.6) is 0 Å². The molecule has 1 aliphatic heterocycles. The normalized spacial score (nSPS) is 21.7. The SMILES string of the molecule is N#Cc1c(F)cccc1N(CC1CC1)CC1CCCN1. The van der Waals surface area contributed by atoms with E-state index < -0.39 is 5.82 Å². The number of anilines is 1. The van der Waals surface area contributed by atoms with Crippen LogP contribution in [0, 0.1) is 23.1 Å². The monoisotopic (exact) mass is 273 g/mol. The minimum Gasteiger partial charge on any atom is -0.369 e. The Morgan fingerprint density at radius 1 is 1.30 bits per heavy atom. The molecule has 1 unspecified atom stereocenters. The van der Waals surface area contributed by atoms with Crippen molar-refractivity contribution in [1.29, 1.82) is 5.26 Å². The Morgan fingerprint density at radius 3 is 2.80 bits per heavy atom. The van der Waals surface area contributed by atoms with Gasteiger partial charge < -0.3 is 10.2 Å². The fraction of sp³-hybridized carbons (Fsp3) is 0.562. The first-order valence-electron chi connectivity index (χ1n) is 7.45. The van der Waals surface area contributed by atoms with E-state index in [-0.39, 0.29) is 5.56 Å². The molecule has 2 fully saturated rings. The van der Waals surface area contributed by atoms with Gasteiger partial charge in [0.15, 0.2) is 0 Å². The fourth-order valence-corrected chi connectivity index (χ4v) is 2.95. The zero-order chi connectivity index (χ0) is 13.9. The summed E-state index contributed by atoms with van der Waals surface area (Å²) in [5.74, 6) is 0.302. The molecule has 20 heavy (non-hydrogen) atoms. The van der Waals surface area contributed by atoms with Crippen molar-refractivity contribution in [2.75, 3.05) is 24.5 Å². The second-order valence-corrected chi connectivity index (χ2v) is 5.89. The van der Waals surface area contributed by atoms with Gasteiger partial charge in [-0.2, -0.15) is 5.26 Å². The lowest BCUT2D eigenvalue weighted by atomic mass is 10.1. The van der Waals surface area contributed by atoms with Gasteiger partial charge in [0.2, 0.25) is 0 Å². The number of rotatable bonds is 5. The van der Waals surface area contributed by atoms with Crippen molar-refractivity contribution in [3.8, 4) is 6.07 Å². The van der Waals surface area contributed by atoms with E-state index in [1.807, 2.05) is 12.1 Å². The van der Waals surface area contributed by atoms with Crippen LogP contribution in [-0.2, 0) is 0 Å². The highest BCUT2D eigenvalue weighted by Crippen LogP contribution is 2.33. The first-order valence-corrected chi connectivity index (χ1v) is 7.45. The van der Waals surface area contributed by atoms with Gasteiger partial charge in [0.1, 0.15) is 17.4 Å². The van der Waals surface area contributed by atoms with Crippen molar-refractivity contribution in [1.82, 2.24) is 5.32 Å². The first-order chi connectivity index (χ1) is 9.78. The zero-order valence-corrected chi connectivity index (χ0v) is 11.6. The highest BCUT2D eigenvalue weighted by molar-refractivity contribution is 5.60. The van der Waals surface area contributed by atoms with Crippen molar-refractivity contribution in [2.45, 2.75) is 31.7 Å². The smallest absolute Gasteiger partial charge is 0.143 e. The average Bonchev–Trinajstić information content (AvgIpc) is 3.11. The third kappa shape index (κ3) is 2.94. The molecule has 2 aliphatic rings. The second kappa shape index (κ2) is 5.80. The standard InChI is InChI=1S/C16H20FN3/c17-15-4-1-5-16(14(15)9-18)20(10-12-6-7-12)11-13-3-2-8-19-13/h1,4-5,12-13,19H,2-3,6-8,10-11H2.